The van der Waals surface area contributed by atoms with Gasteiger partial charge in [0.05, 0.1) is 19.8 Å². The molecule has 1 heterocycles. The minimum atomic E-state index is -0.679. The third kappa shape index (κ3) is 3.07. The molecule has 5 heteroatoms. The lowest BCUT2D eigenvalue weighted by molar-refractivity contribution is 0.194. The number of hydrogen-bond acceptors (Lipinski definition) is 5. The number of methoxy groups -OCH3 is 1. The minimum Gasteiger partial charge on any atom is -0.493 e. The Labute approximate surface area is 117 Å². The van der Waals surface area contributed by atoms with Crippen molar-refractivity contribution in [2.24, 2.45) is 0 Å². The van der Waals surface area contributed by atoms with Crippen molar-refractivity contribution >= 4 is 0 Å². The van der Waals surface area contributed by atoms with Gasteiger partial charge < -0.3 is 19.7 Å². The molecule has 2 N–H and O–H groups in total. The number of nitrogens with zero attached hydrogens (tertiary/aromatic N) is 1. The van der Waals surface area contributed by atoms with E-state index in [9.17, 15) is 5.11 Å². The molecule has 0 aliphatic rings. The third-order valence-electron chi connectivity index (χ3n) is 2.87. The average molecular weight is 275 g/mol. The van der Waals surface area contributed by atoms with E-state index < -0.39 is 6.10 Å². The van der Waals surface area contributed by atoms with E-state index in [0.717, 1.165) is 5.56 Å². The summed E-state index contributed by atoms with van der Waals surface area (Å²) in [6.07, 6.45) is 0.914. The maximum atomic E-state index is 9.71. The fourth-order valence-corrected chi connectivity index (χ4v) is 1.81. The summed E-state index contributed by atoms with van der Waals surface area (Å²) in [6.45, 7) is 1.58. The molecule has 0 unspecified atom stereocenters. The fraction of sp³-hybridized carbons (Fsp3) is 0.267. The van der Waals surface area contributed by atoms with Crippen LogP contribution in [-0.4, -0.2) is 22.3 Å². The highest BCUT2D eigenvalue weighted by atomic mass is 16.5. The normalized spacial score (nSPS) is 12.0. The van der Waals surface area contributed by atoms with Gasteiger partial charge in [-0.25, -0.2) is 4.98 Å². The quantitative estimate of drug-likeness (QED) is 0.876. The van der Waals surface area contributed by atoms with Crippen molar-refractivity contribution in [3.05, 3.63) is 47.7 Å². The second kappa shape index (κ2) is 6.36. The van der Waals surface area contributed by atoms with E-state index in [1.54, 1.807) is 43.5 Å². The number of aliphatic hydroxyl groups excluding tert-OH is 2. The van der Waals surface area contributed by atoms with Crippen LogP contribution in [0.5, 0.6) is 17.4 Å². The predicted octanol–water partition coefficient (Wildman–Crippen LogP) is 2.43. The summed E-state index contributed by atoms with van der Waals surface area (Å²) in [5.41, 5.74) is 1.33. The average Bonchev–Trinajstić information content (AvgIpc) is 2.48. The van der Waals surface area contributed by atoms with Crippen LogP contribution < -0.4 is 9.47 Å². The first-order valence-electron chi connectivity index (χ1n) is 6.24. The number of rotatable bonds is 5. The second-order valence-electron chi connectivity index (χ2n) is 4.32. The van der Waals surface area contributed by atoms with Gasteiger partial charge in [0, 0.05) is 11.8 Å². The van der Waals surface area contributed by atoms with Gasteiger partial charge in [-0.1, -0.05) is 6.07 Å². The van der Waals surface area contributed by atoms with Gasteiger partial charge in [0.15, 0.2) is 11.5 Å². The summed E-state index contributed by atoms with van der Waals surface area (Å²) in [5, 5.41) is 18.8. The molecule has 2 rings (SSSR count). The van der Waals surface area contributed by atoms with Gasteiger partial charge in [0.1, 0.15) is 0 Å². The lowest BCUT2D eigenvalue weighted by atomic mass is 10.2. The SMILES string of the molecule is COc1cc(CO)ccc1Oc1ncccc1[C@@H](C)O. The van der Waals surface area contributed by atoms with Gasteiger partial charge in [0.2, 0.25) is 5.88 Å². The fourth-order valence-electron chi connectivity index (χ4n) is 1.81. The van der Waals surface area contributed by atoms with E-state index in [-0.39, 0.29) is 6.61 Å². The first kappa shape index (κ1) is 14.3. The van der Waals surface area contributed by atoms with Crippen LogP contribution in [0.3, 0.4) is 0 Å². The Morgan fingerprint density at radius 3 is 2.70 bits per heavy atom. The molecule has 0 amide bonds. The van der Waals surface area contributed by atoms with Gasteiger partial charge in [-0.05, 0) is 36.8 Å². The topological polar surface area (TPSA) is 71.8 Å². The van der Waals surface area contributed by atoms with E-state index in [1.165, 1.54) is 7.11 Å². The highest BCUT2D eigenvalue weighted by Crippen LogP contribution is 2.34. The third-order valence-corrected chi connectivity index (χ3v) is 2.87. The Morgan fingerprint density at radius 1 is 1.25 bits per heavy atom. The Morgan fingerprint density at radius 2 is 2.05 bits per heavy atom. The number of ether oxygens (including phenoxy) is 2. The zero-order valence-electron chi connectivity index (χ0n) is 11.4. The van der Waals surface area contributed by atoms with Crippen LogP contribution in [0.4, 0.5) is 0 Å². The van der Waals surface area contributed by atoms with Crippen LogP contribution in [-0.2, 0) is 6.61 Å². The molecule has 2 aromatic rings. The molecule has 20 heavy (non-hydrogen) atoms. The van der Waals surface area contributed by atoms with Gasteiger partial charge in [-0.15, -0.1) is 0 Å². The summed E-state index contributed by atoms with van der Waals surface area (Å²) in [5.74, 6) is 1.31. The van der Waals surface area contributed by atoms with Gasteiger partial charge in [0.25, 0.3) is 0 Å². The molecule has 106 valence electrons. The Kier molecular flexibility index (Phi) is 4.55. The van der Waals surface area contributed by atoms with Gasteiger partial charge >= 0.3 is 0 Å². The highest BCUT2D eigenvalue weighted by molar-refractivity contribution is 5.45. The van der Waals surface area contributed by atoms with Gasteiger partial charge in [-0.2, -0.15) is 0 Å². The molecule has 0 aliphatic carbocycles. The largest absolute Gasteiger partial charge is 0.493 e. The number of pyridine rings is 1. The van der Waals surface area contributed by atoms with Crippen LogP contribution in [0, 0.1) is 0 Å². The Bertz CT molecular complexity index is 584. The molecule has 0 bridgehead atoms. The van der Waals surface area contributed by atoms with Crippen molar-refractivity contribution in [1.82, 2.24) is 4.98 Å². The molecule has 0 spiro atoms. The summed E-state index contributed by atoms with van der Waals surface area (Å²) >= 11 is 0. The molecule has 0 saturated heterocycles. The molecule has 0 fully saturated rings. The van der Waals surface area contributed by atoms with Crippen molar-refractivity contribution in [3.63, 3.8) is 0 Å². The maximum absolute atomic E-state index is 9.71. The van der Waals surface area contributed by atoms with E-state index in [0.29, 0.717) is 22.9 Å². The van der Waals surface area contributed by atoms with E-state index in [2.05, 4.69) is 4.98 Å². The zero-order chi connectivity index (χ0) is 14.5. The Balaban J connectivity index is 2.35. The first-order valence-corrected chi connectivity index (χ1v) is 6.24. The van der Waals surface area contributed by atoms with Crippen molar-refractivity contribution in [2.45, 2.75) is 19.6 Å². The van der Waals surface area contributed by atoms with Crippen LogP contribution >= 0.6 is 0 Å². The predicted molar refractivity (Wildman–Crippen MR) is 73.9 cm³/mol. The summed E-state index contributed by atoms with van der Waals surface area (Å²) in [7, 11) is 1.53. The van der Waals surface area contributed by atoms with E-state index in [1.807, 2.05) is 0 Å². The van der Waals surface area contributed by atoms with Crippen molar-refractivity contribution < 1.29 is 19.7 Å². The monoisotopic (exact) mass is 275 g/mol. The van der Waals surface area contributed by atoms with Crippen molar-refractivity contribution in [1.29, 1.82) is 0 Å². The number of hydrogen-bond donors (Lipinski definition) is 2. The number of benzene rings is 1. The summed E-state index contributed by atoms with van der Waals surface area (Å²) in [6, 6.07) is 8.62. The van der Waals surface area contributed by atoms with Crippen molar-refractivity contribution in [3.8, 4) is 17.4 Å². The highest BCUT2D eigenvalue weighted by Gasteiger charge is 2.13. The lowest BCUT2D eigenvalue weighted by Gasteiger charge is -2.14. The van der Waals surface area contributed by atoms with Crippen LogP contribution in [0.2, 0.25) is 0 Å². The molecule has 0 aliphatic heterocycles. The molecular formula is C15H17NO4. The van der Waals surface area contributed by atoms with E-state index in [4.69, 9.17) is 14.6 Å². The molecular weight excluding hydrogens is 258 g/mol. The maximum Gasteiger partial charge on any atom is 0.225 e. The number of aliphatic hydroxyl groups is 2. The minimum absolute atomic E-state index is 0.0703. The van der Waals surface area contributed by atoms with Gasteiger partial charge in [-0.3, -0.25) is 0 Å². The second-order valence-corrected chi connectivity index (χ2v) is 4.32. The summed E-state index contributed by atoms with van der Waals surface area (Å²) in [4.78, 5) is 4.13. The zero-order valence-corrected chi connectivity index (χ0v) is 11.4. The molecule has 0 radical (unpaired) electrons. The number of aromatic nitrogens is 1. The smallest absolute Gasteiger partial charge is 0.225 e. The molecule has 1 atom stereocenters. The van der Waals surface area contributed by atoms with Crippen LogP contribution in [0.25, 0.3) is 0 Å². The molecule has 1 aromatic heterocycles. The molecule has 1 aromatic carbocycles. The lowest BCUT2D eigenvalue weighted by Crippen LogP contribution is -1.99. The standard InChI is InChI=1S/C15H17NO4/c1-10(18)12-4-3-7-16-15(12)20-13-6-5-11(9-17)8-14(13)19-2/h3-8,10,17-18H,9H2,1-2H3/t10-/m1/s1. The van der Waals surface area contributed by atoms with Crippen LogP contribution in [0.15, 0.2) is 36.5 Å². The summed E-state index contributed by atoms with van der Waals surface area (Å²) < 4.78 is 10.9. The van der Waals surface area contributed by atoms with E-state index >= 15 is 0 Å². The Hall–Kier alpha value is -2.11. The molecule has 0 saturated carbocycles. The van der Waals surface area contributed by atoms with Crippen LogP contribution in [0.1, 0.15) is 24.2 Å². The van der Waals surface area contributed by atoms with Crippen molar-refractivity contribution in [2.75, 3.05) is 7.11 Å². The molecule has 5 nitrogen and oxygen atoms in total. The first-order chi connectivity index (χ1) is 9.65.